The fraction of sp³-hybridized carbons (Fsp3) is 0.100. The predicted molar refractivity (Wildman–Crippen MR) is 72.8 cm³/mol. The summed E-state index contributed by atoms with van der Waals surface area (Å²) >= 11 is 8.19. The van der Waals surface area contributed by atoms with Crippen molar-refractivity contribution in [2.75, 3.05) is 7.11 Å². The molecule has 0 spiro atoms. The number of ether oxygens (including phenoxy) is 1. The first kappa shape index (κ1) is 12.8. The zero-order chi connectivity index (χ0) is 13.1. The number of benzene rings is 1. The van der Waals surface area contributed by atoms with Gasteiger partial charge in [-0.05, 0) is 45.8 Å². The number of nitrogens with one attached hydrogen (secondary N) is 1. The van der Waals surface area contributed by atoms with Gasteiger partial charge in [0.05, 0.1) is 17.8 Å². The summed E-state index contributed by atoms with van der Waals surface area (Å²) in [6, 6.07) is 3.37. The molecule has 0 bridgehead atoms. The van der Waals surface area contributed by atoms with E-state index in [0.29, 0.717) is 15.0 Å². The molecule has 1 aromatic carbocycles. The van der Waals surface area contributed by atoms with Gasteiger partial charge in [-0.25, -0.2) is 0 Å². The molecule has 18 heavy (non-hydrogen) atoms. The van der Waals surface area contributed by atoms with Crippen molar-refractivity contribution in [3.05, 3.63) is 33.3 Å². The predicted octanol–water partition coefficient (Wildman–Crippen LogP) is 2.30. The van der Waals surface area contributed by atoms with E-state index in [9.17, 15) is 5.11 Å². The summed E-state index contributed by atoms with van der Waals surface area (Å²) in [5.74, 6) is 0.413. The van der Waals surface area contributed by atoms with E-state index in [4.69, 9.17) is 17.0 Å². The molecule has 0 fully saturated rings. The number of hydrogen-bond acceptors (Lipinski definition) is 5. The van der Waals surface area contributed by atoms with Crippen molar-refractivity contribution in [3.8, 4) is 11.5 Å². The standard InChI is InChI=1S/C10H9BrN4O2S/c1-17-8-3-6(2-7(11)9(8)16)4-13-15-5-12-14-10(15)18/h2-5,16H,1H3,(H,14,18). The normalized spacial score (nSPS) is 11.0. The summed E-state index contributed by atoms with van der Waals surface area (Å²) in [5.41, 5.74) is 0.750. The fourth-order valence-corrected chi connectivity index (χ4v) is 1.88. The molecule has 2 aromatic rings. The van der Waals surface area contributed by atoms with E-state index in [2.05, 4.69) is 31.2 Å². The summed E-state index contributed by atoms with van der Waals surface area (Å²) in [5, 5.41) is 20.1. The first-order valence-electron chi connectivity index (χ1n) is 4.84. The third-order valence-electron chi connectivity index (χ3n) is 2.14. The van der Waals surface area contributed by atoms with Crippen LogP contribution < -0.4 is 4.74 Å². The molecule has 94 valence electrons. The Morgan fingerprint density at radius 1 is 1.61 bits per heavy atom. The van der Waals surface area contributed by atoms with E-state index >= 15 is 0 Å². The van der Waals surface area contributed by atoms with Gasteiger partial charge in [0.1, 0.15) is 6.33 Å². The zero-order valence-corrected chi connectivity index (χ0v) is 11.7. The minimum atomic E-state index is 0.0505. The molecule has 0 unspecified atom stereocenters. The van der Waals surface area contributed by atoms with Crippen molar-refractivity contribution in [3.63, 3.8) is 0 Å². The number of methoxy groups -OCH3 is 1. The molecular weight excluding hydrogens is 320 g/mol. The van der Waals surface area contributed by atoms with Crippen LogP contribution in [-0.2, 0) is 0 Å². The Bertz CT molecular complexity index is 650. The van der Waals surface area contributed by atoms with E-state index < -0.39 is 0 Å². The van der Waals surface area contributed by atoms with Crippen LogP contribution in [0.25, 0.3) is 0 Å². The molecular formula is C10H9BrN4O2S. The number of nitrogens with zero attached hydrogens (tertiary/aromatic N) is 3. The summed E-state index contributed by atoms with van der Waals surface area (Å²) in [6.45, 7) is 0. The monoisotopic (exact) mass is 328 g/mol. The SMILES string of the molecule is COc1cc(C=Nn2cn[nH]c2=S)cc(Br)c1O. The number of aromatic nitrogens is 3. The van der Waals surface area contributed by atoms with Gasteiger partial charge in [0.2, 0.25) is 4.77 Å². The Kier molecular flexibility index (Phi) is 3.78. The molecule has 0 atom stereocenters. The van der Waals surface area contributed by atoms with Crippen molar-refractivity contribution < 1.29 is 9.84 Å². The highest BCUT2D eigenvalue weighted by molar-refractivity contribution is 9.10. The second-order valence-electron chi connectivity index (χ2n) is 3.30. The first-order chi connectivity index (χ1) is 8.61. The van der Waals surface area contributed by atoms with E-state index in [-0.39, 0.29) is 5.75 Å². The van der Waals surface area contributed by atoms with Gasteiger partial charge in [0.25, 0.3) is 0 Å². The molecule has 0 aliphatic carbocycles. The van der Waals surface area contributed by atoms with Gasteiger partial charge < -0.3 is 9.84 Å². The van der Waals surface area contributed by atoms with Crippen LogP contribution in [0.1, 0.15) is 5.56 Å². The summed E-state index contributed by atoms with van der Waals surface area (Å²) in [6.07, 6.45) is 3.05. The molecule has 2 N–H and O–H groups in total. The van der Waals surface area contributed by atoms with Crippen LogP contribution in [0.4, 0.5) is 0 Å². The Morgan fingerprint density at radius 3 is 3.00 bits per heavy atom. The Morgan fingerprint density at radius 2 is 2.39 bits per heavy atom. The zero-order valence-electron chi connectivity index (χ0n) is 9.29. The molecule has 0 saturated carbocycles. The highest BCUT2D eigenvalue weighted by Crippen LogP contribution is 2.34. The first-order valence-corrected chi connectivity index (χ1v) is 6.05. The molecule has 1 heterocycles. The van der Waals surface area contributed by atoms with Crippen molar-refractivity contribution in [2.45, 2.75) is 0 Å². The lowest BCUT2D eigenvalue weighted by Crippen LogP contribution is -1.91. The molecule has 1 aromatic heterocycles. The summed E-state index contributed by atoms with van der Waals surface area (Å²) in [4.78, 5) is 0. The Balaban J connectivity index is 2.35. The minimum Gasteiger partial charge on any atom is -0.503 e. The van der Waals surface area contributed by atoms with E-state index in [0.717, 1.165) is 5.56 Å². The molecule has 0 aliphatic heterocycles. The van der Waals surface area contributed by atoms with Gasteiger partial charge in [0, 0.05) is 0 Å². The van der Waals surface area contributed by atoms with E-state index in [1.807, 2.05) is 0 Å². The molecule has 0 amide bonds. The average Bonchev–Trinajstić information content (AvgIpc) is 2.76. The lowest BCUT2D eigenvalue weighted by atomic mass is 10.2. The third kappa shape index (κ3) is 2.59. The van der Waals surface area contributed by atoms with Crippen LogP contribution in [0, 0.1) is 4.77 Å². The van der Waals surface area contributed by atoms with Gasteiger partial charge in [0.15, 0.2) is 11.5 Å². The van der Waals surface area contributed by atoms with Gasteiger partial charge in [-0.2, -0.15) is 14.9 Å². The largest absolute Gasteiger partial charge is 0.503 e. The number of aromatic amines is 1. The quantitative estimate of drug-likeness (QED) is 0.669. The second-order valence-corrected chi connectivity index (χ2v) is 4.55. The maximum absolute atomic E-state index is 9.67. The van der Waals surface area contributed by atoms with Crippen LogP contribution in [0.15, 0.2) is 28.0 Å². The lowest BCUT2D eigenvalue weighted by molar-refractivity contribution is 0.372. The maximum atomic E-state index is 9.67. The maximum Gasteiger partial charge on any atom is 0.216 e. The van der Waals surface area contributed by atoms with Gasteiger partial charge in [-0.3, -0.25) is 5.10 Å². The fourth-order valence-electron chi connectivity index (χ4n) is 1.28. The van der Waals surface area contributed by atoms with Crippen LogP contribution in [0.5, 0.6) is 11.5 Å². The number of aromatic hydroxyl groups is 1. The second kappa shape index (κ2) is 5.32. The smallest absolute Gasteiger partial charge is 0.216 e. The van der Waals surface area contributed by atoms with Gasteiger partial charge >= 0.3 is 0 Å². The number of rotatable bonds is 3. The van der Waals surface area contributed by atoms with Crippen molar-refractivity contribution in [2.24, 2.45) is 5.10 Å². The van der Waals surface area contributed by atoms with Crippen LogP contribution in [-0.4, -0.2) is 33.3 Å². The van der Waals surface area contributed by atoms with E-state index in [1.54, 1.807) is 18.3 Å². The van der Waals surface area contributed by atoms with Crippen LogP contribution in [0.2, 0.25) is 0 Å². The molecule has 2 rings (SSSR count). The van der Waals surface area contributed by atoms with Crippen molar-refractivity contribution >= 4 is 34.4 Å². The highest BCUT2D eigenvalue weighted by atomic mass is 79.9. The average molecular weight is 329 g/mol. The Labute approximate surface area is 116 Å². The number of halogens is 1. The Hall–Kier alpha value is -1.67. The summed E-state index contributed by atoms with van der Waals surface area (Å²) in [7, 11) is 1.48. The minimum absolute atomic E-state index is 0.0505. The molecule has 8 heteroatoms. The molecule has 0 radical (unpaired) electrons. The lowest BCUT2D eigenvalue weighted by Gasteiger charge is -2.06. The third-order valence-corrected chi connectivity index (χ3v) is 3.02. The van der Waals surface area contributed by atoms with Crippen molar-refractivity contribution in [1.29, 1.82) is 0 Å². The topological polar surface area (TPSA) is 75.4 Å². The number of phenols is 1. The summed E-state index contributed by atoms with van der Waals surface area (Å²) < 4.78 is 7.38. The van der Waals surface area contributed by atoms with E-state index in [1.165, 1.54) is 18.1 Å². The molecule has 0 saturated heterocycles. The number of H-pyrrole nitrogens is 1. The van der Waals surface area contributed by atoms with Crippen LogP contribution in [0.3, 0.4) is 0 Å². The molecule has 0 aliphatic rings. The molecule has 6 nitrogen and oxygen atoms in total. The van der Waals surface area contributed by atoms with Gasteiger partial charge in [-0.1, -0.05) is 0 Å². The number of hydrogen-bond donors (Lipinski definition) is 2. The van der Waals surface area contributed by atoms with Crippen LogP contribution >= 0.6 is 28.1 Å². The number of phenolic OH excluding ortho intramolecular Hbond substituents is 1. The van der Waals surface area contributed by atoms with Gasteiger partial charge in [-0.15, -0.1) is 0 Å². The van der Waals surface area contributed by atoms with Crippen molar-refractivity contribution in [1.82, 2.24) is 14.9 Å². The highest BCUT2D eigenvalue weighted by Gasteiger charge is 2.07.